The molecule has 0 unspecified atom stereocenters. The maximum Gasteiger partial charge on any atom is 0.264 e. The number of hydrogen-bond donors (Lipinski definition) is 2. The van der Waals surface area contributed by atoms with E-state index in [-0.39, 0.29) is 5.91 Å². The Morgan fingerprint density at radius 1 is 1.67 bits per heavy atom. The maximum atomic E-state index is 11.8. The van der Waals surface area contributed by atoms with Crippen LogP contribution < -0.4 is 11.1 Å². The number of carbonyl (C=O) groups excluding carboxylic acids is 1. The van der Waals surface area contributed by atoms with Crippen LogP contribution in [0.4, 0.5) is 5.13 Å². The summed E-state index contributed by atoms with van der Waals surface area (Å²) in [6.45, 7) is 5.25. The number of carbonyl (C=O) groups is 1. The summed E-state index contributed by atoms with van der Waals surface area (Å²) in [4.78, 5) is 16.2. The molecule has 80 valence electrons. The monoisotopic (exact) mass is 223 g/mol. The van der Waals surface area contributed by atoms with Crippen molar-refractivity contribution in [2.24, 2.45) is 0 Å². The van der Waals surface area contributed by atoms with Crippen LogP contribution in [0.1, 0.15) is 29.2 Å². The van der Waals surface area contributed by atoms with Gasteiger partial charge in [0.1, 0.15) is 4.88 Å². The highest BCUT2D eigenvalue weighted by atomic mass is 32.1. The topological polar surface area (TPSA) is 68.0 Å². The largest absolute Gasteiger partial charge is 0.375 e. The third-order valence-electron chi connectivity index (χ3n) is 1.81. The lowest BCUT2D eigenvalue weighted by Crippen LogP contribution is -2.42. The number of thiazole rings is 1. The molecule has 5 heteroatoms. The van der Waals surface area contributed by atoms with Gasteiger partial charge in [-0.25, -0.2) is 4.98 Å². The zero-order valence-corrected chi connectivity index (χ0v) is 9.73. The van der Waals surface area contributed by atoms with Crippen LogP contribution in [0.3, 0.4) is 0 Å². The van der Waals surface area contributed by atoms with Crippen molar-refractivity contribution >= 4 is 22.4 Å². The first-order valence-electron chi connectivity index (χ1n) is 4.39. The summed E-state index contributed by atoms with van der Waals surface area (Å²) in [5.41, 5.74) is 5.46. The number of terminal acetylenes is 1. The fourth-order valence-electron chi connectivity index (χ4n) is 1.00. The Hall–Kier alpha value is -1.54. The molecule has 0 aliphatic rings. The Labute approximate surface area is 92.9 Å². The Morgan fingerprint density at radius 2 is 2.27 bits per heavy atom. The molecule has 0 aliphatic carbocycles. The number of nitrogen functional groups attached to an aromatic ring is 1. The minimum atomic E-state index is -0.664. The van der Waals surface area contributed by atoms with E-state index in [1.165, 1.54) is 0 Å². The van der Waals surface area contributed by atoms with E-state index in [9.17, 15) is 4.79 Å². The van der Waals surface area contributed by atoms with E-state index in [4.69, 9.17) is 12.2 Å². The molecule has 15 heavy (non-hydrogen) atoms. The van der Waals surface area contributed by atoms with E-state index >= 15 is 0 Å². The predicted octanol–water partition coefficient (Wildman–Crippen LogP) is 1.18. The standard InChI is InChI=1S/C10H13N3OS/c1-5-10(3,4)13-8(14)7-6(2)12-9(11)15-7/h1H,2-4H3,(H2,11,12)(H,13,14). The van der Waals surface area contributed by atoms with Crippen molar-refractivity contribution in [2.45, 2.75) is 26.3 Å². The number of hydrogen-bond acceptors (Lipinski definition) is 4. The van der Waals surface area contributed by atoms with Crippen LogP contribution in [-0.4, -0.2) is 16.4 Å². The number of anilines is 1. The fraction of sp³-hybridized carbons (Fsp3) is 0.400. The van der Waals surface area contributed by atoms with Gasteiger partial charge in [-0.15, -0.1) is 6.42 Å². The van der Waals surface area contributed by atoms with Crippen molar-refractivity contribution in [2.75, 3.05) is 5.73 Å². The fourth-order valence-corrected chi connectivity index (χ4v) is 1.73. The molecule has 1 rings (SSSR count). The number of nitrogens with zero attached hydrogens (tertiary/aromatic N) is 1. The van der Waals surface area contributed by atoms with Crippen molar-refractivity contribution in [1.29, 1.82) is 0 Å². The zero-order valence-electron chi connectivity index (χ0n) is 8.92. The lowest BCUT2D eigenvalue weighted by molar-refractivity contribution is 0.0933. The number of aryl methyl sites for hydroxylation is 1. The van der Waals surface area contributed by atoms with Crippen LogP contribution in [0.25, 0.3) is 0 Å². The SMILES string of the molecule is C#CC(C)(C)NC(=O)c1sc(N)nc1C. The van der Waals surface area contributed by atoms with Crippen molar-refractivity contribution in [3.8, 4) is 12.3 Å². The second-order valence-corrected chi connectivity index (χ2v) is 4.72. The van der Waals surface area contributed by atoms with Gasteiger partial charge in [0.05, 0.1) is 11.2 Å². The molecule has 0 radical (unpaired) electrons. The van der Waals surface area contributed by atoms with Gasteiger partial charge in [-0.1, -0.05) is 17.3 Å². The average Bonchev–Trinajstić information content (AvgIpc) is 2.45. The molecule has 1 amide bonds. The number of nitrogens with two attached hydrogens (primary N) is 1. The Bertz CT molecular complexity index is 428. The number of nitrogens with one attached hydrogen (secondary N) is 1. The number of aromatic nitrogens is 1. The van der Waals surface area contributed by atoms with Gasteiger partial charge in [0.2, 0.25) is 0 Å². The number of amides is 1. The van der Waals surface area contributed by atoms with Crippen LogP contribution in [0.15, 0.2) is 0 Å². The molecule has 0 spiro atoms. The van der Waals surface area contributed by atoms with Gasteiger partial charge in [0.15, 0.2) is 5.13 Å². The van der Waals surface area contributed by atoms with Crippen LogP contribution in [0.2, 0.25) is 0 Å². The molecule has 0 bridgehead atoms. The van der Waals surface area contributed by atoms with Crippen molar-refractivity contribution < 1.29 is 4.79 Å². The minimum Gasteiger partial charge on any atom is -0.375 e. The lowest BCUT2D eigenvalue weighted by Gasteiger charge is -2.18. The first-order valence-corrected chi connectivity index (χ1v) is 5.20. The first-order chi connectivity index (χ1) is 6.85. The highest BCUT2D eigenvalue weighted by Gasteiger charge is 2.21. The van der Waals surface area contributed by atoms with Gasteiger partial charge < -0.3 is 11.1 Å². The second kappa shape index (κ2) is 3.91. The van der Waals surface area contributed by atoms with E-state index in [1.54, 1.807) is 20.8 Å². The van der Waals surface area contributed by atoms with Gasteiger partial charge in [-0.3, -0.25) is 4.79 Å². The normalized spacial score (nSPS) is 10.8. The Morgan fingerprint density at radius 3 is 2.67 bits per heavy atom. The third kappa shape index (κ3) is 2.70. The van der Waals surface area contributed by atoms with E-state index in [1.807, 2.05) is 0 Å². The molecule has 0 aromatic carbocycles. The molecule has 0 fully saturated rings. The minimum absolute atomic E-state index is 0.232. The van der Waals surface area contributed by atoms with Gasteiger partial charge in [-0.05, 0) is 20.8 Å². The molecular weight excluding hydrogens is 210 g/mol. The summed E-state index contributed by atoms with van der Waals surface area (Å²) in [6, 6.07) is 0. The Kier molecular flexibility index (Phi) is 3.01. The summed E-state index contributed by atoms with van der Waals surface area (Å²) >= 11 is 1.16. The van der Waals surface area contributed by atoms with Gasteiger partial charge >= 0.3 is 0 Å². The molecule has 3 N–H and O–H groups in total. The number of rotatable bonds is 2. The van der Waals surface area contributed by atoms with E-state index in [2.05, 4.69) is 16.2 Å². The van der Waals surface area contributed by atoms with Crippen molar-refractivity contribution in [3.63, 3.8) is 0 Å². The molecule has 1 heterocycles. The molecule has 0 aliphatic heterocycles. The third-order valence-corrected chi connectivity index (χ3v) is 2.79. The molecular formula is C10H13N3OS. The quantitative estimate of drug-likeness (QED) is 0.740. The highest BCUT2D eigenvalue weighted by molar-refractivity contribution is 7.17. The summed E-state index contributed by atoms with van der Waals surface area (Å²) in [5, 5.41) is 3.10. The molecule has 1 aromatic heterocycles. The van der Waals surface area contributed by atoms with Gasteiger partial charge in [-0.2, -0.15) is 0 Å². The molecule has 4 nitrogen and oxygen atoms in total. The summed E-state index contributed by atoms with van der Waals surface area (Å²) in [6.07, 6.45) is 5.27. The van der Waals surface area contributed by atoms with E-state index < -0.39 is 5.54 Å². The molecule has 0 saturated carbocycles. The van der Waals surface area contributed by atoms with Crippen molar-refractivity contribution in [1.82, 2.24) is 10.3 Å². The van der Waals surface area contributed by atoms with Gasteiger partial charge in [0.25, 0.3) is 5.91 Å². The van der Waals surface area contributed by atoms with E-state index in [0.717, 1.165) is 11.3 Å². The molecule has 1 aromatic rings. The van der Waals surface area contributed by atoms with Gasteiger partial charge in [0, 0.05) is 0 Å². The van der Waals surface area contributed by atoms with E-state index in [0.29, 0.717) is 15.7 Å². The smallest absolute Gasteiger partial charge is 0.264 e. The maximum absolute atomic E-state index is 11.8. The molecule has 0 atom stereocenters. The van der Waals surface area contributed by atoms with Crippen LogP contribution in [-0.2, 0) is 0 Å². The van der Waals surface area contributed by atoms with Crippen molar-refractivity contribution in [3.05, 3.63) is 10.6 Å². The second-order valence-electron chi connectivity index (χ2n) is 3.69. The summed E-state index contributed by atoms with van der Waals surface area (Å²) in [7, 11) is 0. The Balaban J connectivity index is 2.88. The van der Waals surface area contributed by atoms with Crippen LogP contribution in [0.5, 0.6) is 0 Å². The molecule has 0 saturated heterocycles. The highest BCUT2D eigenvalue weighted by Crippen LogP contribution is 2.20. The summed E-state index contributed by atoms with van der Waals surface area (Å²) in [5.74, 6) is 2.26. The first kappa shape index (κ1) is 11.5. The lowest BCUT2D eigenvalue weighted by atomic mass is 10.1. The average molecular weight is 223 g/mol. The summed E-state index contributed by atoms with van der Waals surface area (Å²) < 4.78 is 0. The van der Waals surface area contributed by atoms with Crippen LogP contribution in [0, 0.1) is 19.3 Å². The van der Waals surface area contributed by atoms with Crippen LogP contribution >= 0.6 is 11.3 Å². The zero-order chi connectivity index (χ0) is 11.6. The predicted molar refractivity (Wildman–Crippen MR) is 61.6 cm³/mol.